The Bertz CT molecular complexity index is 548. The summed E-state index contributed by atoms with van der Waals surface area (Å²) >= 11 is 0. The number of nitrogens with zero attached hydrogens (tertiary/aromatic N) is 1. The van der Waals surface area contributed by atoms with Crippen molar-refractivity contribution in [1.82, 2.24) is 4.90 Å². The van der Waals surface area contributed by atoms with Crippen LogP contribution in [0.15, 0.2) is 45.8 Å². The fourth-order valence-corrected chi connectivity index (χ4v) is 6.06. The van der Waals surface area contributed by atoms with Crippen molar-refractivity contribution in [3.8, 4) is 0 Å². The Morgan fingerprint density at radius 2 is 1.96 bits per heavy atom. The van der Waals surface area contributed by atoms with Crippen molar-refractivity contribution in [2.45, 2.75) is 78.4 Å². The van der Waals surface area contributed by atoms with Gasteiger partial charge in [0.25, 0.3) is 0 Å². The second-order valence-corrected chi connectivity index (χ2v) is 10.4. The lowest BCUT2D eigenvalue weighted by Gasteiger charge is -2.39. The van der Waals surface area contributed by atoms with Crippen LogP contribution in [0.2, 0.25) is 13.1 Å². The summed E-state index contributed by atoms with van der Waals surface area (Å²) in [5.74, 6) is 0. The van der Waals surface area contributed by atoms with E-state index in [0.717, 1.165) is 0 Å². The van der Waals surface area contributed by atoms with Crippen LogP contribution in [0.3, 0.4) is 0 Å². The summed E-state index contributed by atoms with van der Waals surface area (Å²) in [6.45, 7) is 11.9. The van der Waals surface area contributed by atoms with E-state index in [1.807, 2.05) is 0 Å². The molecule has 0 N–H and O–H groups in total. The number of hydrogen-bond acceptors (Lipinski definition) is 1. The van der Waals surface area contributed by atoms with Gasteiger partial charge in [-0.2, -0.15) is 0 Å². The van der Waals surface area contributed by atoms with E-state index in [1.165, 1.54) is 49.8 Å². The Hall–Kier alpha value is -1.02. The molecule has 1 heterocycles. The molecule has 0 saturated carbocycles. The Morgan fingerprint density at radius 3 is 2.57 bits per heavy atom. The number of likely N-dealkylation sites (N-methyl/N-ethyl adjacent to an activating group) is 1. The monoisotopic (exact) mass is 329 g/mol. The van der Waals surface area contributed by atoms with Crippen molar-refractivity contribution in [2.75, 3.05) is 7.05 Å². The molecule has 23 heavy (non-hydrogen) atoms. The van der Waals surface area contributed by atoms with Gasteiger partial charge >= 0.3 is 0 Å². The quantitative estimate of drug-likeness (QED) is 0.441. The first-order chi connectivity index (χ1) is 11.0. The number of hydrogen-bond donors (Lipinski definition) is 0. The topological polar surface area (TPSA) is 3.24 Å². The fraction of sp³-hybridized carbons (Fsp3) is 0.619. The molecule has 1 aliphatic carbocycles. The third-order valence-electron chi connectivity index (χ3n) is 5.46. The van der Waals surface area contributed by atoms with Crippen molar-refractivity contribution >= 4 is 8.80 Å². The standard InChI is InChI=1S/C21H35NSi/c1-7-8-9-13-18-15-20(19-14-11-10-12-16(19)2)22(4)17(3)21(18)23(5)6/h11,14-15,20,23H,7-10,12-13H2,1-6H3. The largest absolute Gasteiger partial charge is 0.368 e. The van der Waals surface area contributed by atoms with Gasteiger partial charge < -0.3 is 4.90 Å². The van der Waals surface area contributed by atoms with Crippen molar-refractivity contribution in [3.63, 3.8) is 0 Å². The van der Waals surface area contributed by atoms with Gasteiger partial charge in [0.2, 0.25) is 0 Å². The lowest BCUT2D eigenvalue weighted by atomic mass is 9.88. The van der Waals surface area contributed by atoms with E-state index in [1.54, 1.807) is 16.3 Å². The van der Waals surface area contributed by atoms with Crippen molar-refractivity contribution < 1.29 is 0 Å². The van der Waals surface area contributed by atoms with Gasteiger partial charge in [-0.1, -0.05) is 56.7 Å². The number of rotatable bonds is 6. The van der Waals surface area contributed by atoms with Crippen LogP contribution in [0.5, 0.6) is 0 Å². The average Bonchev–Trinajstić information content (AvgIpc) is 2.51. The molecule has 1 atom stereocenters. The SMILES string of the molecule is CCCCCC1=CC(C2=C(C)CCC=C2)N(C)C(C)=C1[SiH](C)C. The molecule has 0 aromatic rings. The predicted molar refractivity (Wildman–Crippen MR) is 106 cm³/mol. The molecule has 2 aliphatic rings. The Morgan fingerprint density at radius 1 is 1.22 bits per heavy atom. The van der Waals surface area contributed by atoms with Gasteiger partial charge in [-0.15, -0.1) is 0 Å². The Balaban J connectivity index is 2.36. The number of unbranched alkanes of at least 4 members (excludes halogenated alkanes) is 2. The molecular weight excluding hydrogens is 294 g/mol. The second kappa shape index (κ2) is 8.19. The molecule has 0 aromatic carbocycles. The normalized spacial score (nSPS) is 22.3. The van der Waals surface area contributed by atoms with Gasteiger partial charge in [-0.05, 0) is 55.9 Å². The molecular formula is C21H35NSi. The summed E-state index contributed by atoms with van der Waals surface area (Å²) in [5.41, 5.74) is 6.31. The molecule has 0 fully saturated rings. The highest BCUT2D eigenvalue weighted by atomic mass is 28.3. The smallest absolute Gasteiger partial charge is 0.0725 e. The Kier molecular flexibility index (Phi) is 6.52. The minimum Gasteiger partial charge on any atom is -0.368 e. The molecule has 1 aliphatic heterocycles. The van der Waals surface area contributed by atoms with E-state index < -0.39 is 8.80 Å². The van der Waals surface area contributed by atoms with Gasteiger partial charge in [-0.25, -0.2) is 0 Å². The summed E-state index contributed by atoms with van der Waals surface area (Å²) in [4.78, 5) is 2.53. The zero-order valence-corrected chi connectivity index (χ0v) is 17.2. The molecule has 1 nitrogen and oxygen atoms in total. The molecule has 0 bridgehead atoms. The molecule has 0 saturated heterocycles. The van der Waals surface area contributed by atoms with Crippen molar-refractivity contribution in [3.05, 3.63) is 45.8 Å². The van der Waals surface area contributed by atoms with Crippen LogP contribution in [-0.4, -0.2) is 26.8 Å². The summed E-state index contributed by atoms with van der Waals surface area (Å²) in [6.07, 6.45) is 15.0. The van der Waals surface area contributed by atoms with Gasteiger partial charge in [0, 0.05) is 12.7 Å². The van der Waals surface area contributed by atoms with Crippen molar-refractivity contribution in [2.24, 2.45) is 0 Å². The average molecular weight is 330 g/mol. The molecule has 2 heteroatoms. The highest BCUT2D eigenvalue weighted by Gasteiger charge is 2.28. The van der Waals surface area contributed by atoms with E-state index in [4.69, 9.17) is 0 Å². The van der Waals surface area contributed by atoms with Crippen LogP contribution in [0.4, 0.5) is 0 Å². The van der Waals surface area contributed by atoms with Gasteiger partial charge in [-0.3, -0.25) is 0 Å². The van der Waals surface area contributed by atoms with Crippen LogP contribution in [0, 0.1) is 0 Å². The third kappa shape index (κ3) is 4.09. The van der Waals surface area contributed by atoms with E-state index in [-0.39, 0.29) is 0 Å². The van der Waals surface area contributed by atoms with Crippen LogP contribution in [0.25, 0.3) is 0 Å². The fourth-order valence-electron chi connectivity index (χ4n) is 4.04. The lowest BCUT2D eigenvalue weighted by Crippen LogP contribution is -2.36. The molecule has 0 radical (unpaired) electrons. The third-order valence-corrected chi connectivity index (χ3v) is 7.41. The molecule has 0 aromatic heterocycles. The summed E-state index contributed by atoms with van der Waals surface area (Å²) in [6, 6.07) is 0.444. The summed E-state index contributed by atoms with van der Waals surface area (Å²) in [5, 5.41) is 1.72. The molecule has 2 rings (SSSR count). The van der Waals surface area contributed by atoms with Crippen LogP contribution < -0.4 is 0 Å². The second-order valence-electron chi connectivity index (χ2n) is 7.54. The van der Waals surface area contributed by atoms with E-state index >= 15 is 0 Å². The van der Waals surface area contributed by atoms with Gasteiger partial charge in [0.05, 0.1) is 14.8 Å². The van der Waals surface area contributed by atoms with Crippen LogP contribution >= 0.6 is 0 Å². The minimum atomic E-state index is -0.807. The first kappa shape index (κ1) is 18.3. The van der Waals surface area contributed by atoms with Crippen LogP contribution in [-0.2, 0) is 0 Å². The lowest BCUT2D eigenvalue weighted by molar-refractivity contribution is 0.379. The van der Waals surface area contributed by atoms with Gasteiger partial charge in [0.1, 0.15) is 0 Å². The molecule has 128 valence electrons. The van der Waals surface area contributed by atoms with E-state index in [9.17, 15) is 0 Å². The summed E-state index contributed by atoms with van der Waals surface area (Å²) in [7, 11) is 1.48. The zero-order valence-electron chi connectivity index (χ0n) is 16.1. The molecule has 1 unspecified atom stereocenters. The molecule has 0 amide bonds. The minimum absolute atomic E-state index is 0.444. The highest BCUT2D eigenvalue weighted by molar-refractivity contribution is 6.65. The maximum atomic E-state index is 2.60. The first-order valence-electron chi connectivity index (χ1n) is 9.48. The summed E-state index contributed by atoms with van der Waals surface area (Å²) < 4.78 is 0. The van der Waals surface area contributed by atoms with Crippen LogP contribution in [0.1, 0.15) is 59.3 Å². The maximum Gasteiger partial charge on any atom is 0.0725 e. The highest BCUT2D eigenvalue weighted by Crippen LogP contribution is 2.35. The predicted octanol–water partition coefficient (Wildman–Crippen LogP) is 5.77. The maximum absolute atomic E-state index is 2.60. The zero-order chi connectivity index (χ0) is 17.0. The Labute approximate surface area is 145 Å². The number of allylic oxidation sites excluding steroid dienone is 5. The molecule has 0 spiro atoms. The first-order valence-corrected chi connectivity index (χ1v) is 12.4. The van der Waals surface area contributed by atoms with E-state index in [0.29, 0.717) is 6.04 Å². The van der Waals surface area contributed by atoms with Gasteiger partial charge in [0.15, 0.2) is 0 Å². The van der Waals surface area contributed by atoms with Crippen molar-refractivity contribution in [1.29, 1.82) is 0 Å². The van der Waals surface area contributed by atoms with E-state index in [2.05, 4.69) is 64.0 Å².